The lowest BCUT2D eigenvalue weighted by Crippen LogP contribution is -2.24. The molecule has 0 spiro atoms. The number of nitrogens with zero attached hydrogens (tertiary/aromatic N) is 6. The largest absolute Gasteiger partial charge is 0.306 e. The van der Waals surface area contributed by atoms with Crippen LogP contribution in [-0.2, 0) is 13.1 Å². The van der Waals surface area contributed by atoms with Crippen molar-refractivity contribution in [2.45, 2.75) is 26.9 Å². The number of benzene rings is 2. The number of rotatable bonds is 6. The Morgan fingerprint density at radius 1 is 0.588 bits per heavy atom. The third kappa shape index (κ3) is 7.15. The Balaban J connectivity index is 0.000000198. The van der Waals surface area contributed by atoms with Crippen LogP contribution in [0.25, 0.3) is 33.9 Å². The van der Waals surface area contributed by atoms with Gasteiger partial charge in [0.2, 0.25) is 0 Å². The van der Waals surface area contributed by atoms with Crippen LogP contribution < -0.4 is 11.1 Å². The second-order valence-electron chi connectivity index (χ2n) is 10.3. The van der Waals surface area contributed by atoms with E-state index in [2.05, 4.69) is 9.97 Å². The van der Waals surface area contributed by atoms with Crippen molar-refractivity contribution < 1.29 is 26.3 Å². The first-order valence-electron chi connectivity index (χ1n) is 14.4. The van der Waals surface area contributed by atoms with Crippen molar-refractivity contribution in [1.82, 2.24) is 28.2 Å². The van der Waals surface area contributed by atoms with Gasteiger partial charge >= 0.3 is 0 Å². The monoisotopic (exact) mass is 808 g/mol. The van der Waals surface area contributed by atoms with Gasteiger partial charge in [-0.2, -0.15) is 0 Å². The smallest absolute Gasteiger partial charge is 0.269 e. The second kappa shape index (κ2) is 15.2. The third-order valence-electron chi connectivity index (χ3n) is 7.36. The lowest BCUT2D eigenvalue weighted by Gasteiger charge is -2.19. The molecule has 51 heavy (non-hydrogen) atoms. The first kappa shape index (κ1) is 38.0. The molecular weight excluding hydrogens is 792 g/mol. The van der Waals surface area contributed by atoms with E-state index in [1.165, 1.54) is 40.0 Å². The molecule has 6 rings (SSSR count). The average Bonchev–Trinajstić information content (AvgIpc) is 3.57. The van der Waals surface area contributed by atoms with E-state index in [-0.39, 0.29) is 61.5 Å². The van der Waals surface area contributed by atoms with E-state index in [1.807, 2.05) is 0 Å². The number of imidazole rings is 2. The minimum Gasteiger partial charge on any atom is -0.306 e. The van der Waals surface area contributed by atoms with Gasteiger partial charge in [0.15, 0.2) is 20.6 Å². The summed E-state index contributed by atoms with van der Waals surface area (Å²) in [4.78, 5) is 32.2. The fourth-order valence-electron chi connectivity index (χ4n) is 5.20. The fourth-order valence-corrected chi connectivity index (χ4v) is 6.04. The van der Waals surface area contributed by atoms with Crippen molar-refractivity contribution in [2.75, 3.05) is 0 Å². The summed E-state index contributed by atoms with van der Waals surface area (Å²) < 4.78 is 88.9. The Bertz CT molecular complexity index is 2400. The van der Waals surface area contributed by atoms with Crippen LogP contribution in [-0.4, -0.2) is 28.2 Å². The Morgan fingerprint density at radius 2 is 1.00 bits per heavy atom. The second-order valence-corrected chi connectivity index (χ2v) is 12.1. The van der Waals surface area contributed by atoms with Crippen LogP contribution in [0.5, 0.6) is 0 Å². The minimum atomic E-state index is -1.19. The van der Waals surface area contributed by atoms with Gasteiger partial charge in [-0.25, -0.2) is 36.3 Å². The van der Waals surface area contributed by atoms with Crippen LogP contribution in [0, 0.1) is 34.9 Å². The fraction of sp³-hybridized carbons (Fsp3) is 0.125. The first-order valence-corrected chi connectivity index (χ1v) is 16.2. The lowest BCUT2D eigenvalue weighted by molar-refractivity contribution is 0.543. The summed E-state index contributed by atoms with van der Waals surface area (Å²) >= 11 is 29.8. The molecule has 0 N–H and O–H groups in total. The Labute approximate surface area is 308 Å². The maximum absolute atomic E-state index is 14.4. The van der Waals surface area contributed by atoms with E-state index in [9.17, 15) is 35.9 Å². The topological polar surface area (TPSA) is 79.6 Å². The summed E-state index contributed by atoms with van der Waals surface area (Å²) in [6.07, 6.45) is 2.47. The van der Waals surface area contributed by atoms with E-state index in [0.717, 1.165) is 9.13 Å². The summed E-state index contributed by atoms with van der Waals surface area (Å²) in [6.45, 7) is 3.39. The summed E-state index contributed by atoms with van der Waals surface area (Å²) in [5, 5.41) is -0.306. The predicted octanol–water partition coefficient (Wildman–Crippen LogP) is 9.54. The predicted molar refractivity (Wildman–Crippen MR) is 183 cm³/mol. The van der Waals surface area contributed by atoms with Crippen LogP contribution in [0.15, 0.2) is 64.7 Å². The number of pyridine rings is 2. The zero-order chi connectivity index (χ0) is 37.5. The maximum Gasteiger partial charge on any atom is 0.269 e. The standard InChI is InChI=1S/C16H9Cl3F3N3O.C16H10Cl2F3N3O/c1-2-24-13(12-9(21)3-7(20)4-10(12)22)11(5-8(17)16(24)26)25-6-23-14(18)15(25)19;1-2-23-12(25)4-3-11(24-7-22-15(17)16(24)18)14(23)13-9(20)5-8(19)6-10(13)21/h3-6H,2H2,1H3;3-7H,2H2,1H3. The molecule has 6 aromatic rings. The molecule has 0 aliphatic heterocycles. The summed E-state index contributed by atoms with van der Waals surface area (Å²) in [7, 11) is 0. The van der Waals surface area contributed by atoms with Crippen LogP contribution in [0.4, 0.5) is 26.3 Å². The molecule has 0 bridgehead atoms. The van der Waals surface area contributed by atoms with Gasteiger partial charge in [-0.15, -0.1) is 0 Å². The molecule has 0 fully saturated rings. The Kier molecular flexibility index (Phi) is 11.3. The number of halogens is 11. The Morgan fingerprint density at radius 3 is 1.39 bits per heavy atom. The third-order valence-corrected chi connectivity index (χ3v) is 9.10. The molecule has 4 aromatic heterocycles. The summed E-state index contributed by atoms with van der Waals surface area (Å²) in [5.74, 6) is -6.81. The molecule has 0 aliphatic carbocycles. The van der Waals surface area contributed by atoms with Crippen molar-refractivity contribution in [3.05, 3.63) is 136 Å². The minimum absolute atomic E-state index is 0.00662. The van der Waals surface area contributed by atoms with E-state index in [0.29, 0.717) is 24.3 Å². The highest BCUT2D eigenvalue weighted by molar-refractivity contribution is 6.41. The van der Waals surface area contributed by atoms with Crippen LogP contribution in [0.1, 0.15) is 13.8 Å². The van der Waals surface area contributed by atoms with Crippen LogP contribution in [0.2, 0.25) is 25.6 Å². The summed E-state index contributed by atoms with van der Waals surface area (Å²) in [5.41, 5.74) is -2.32. The molecule has 0 radical (unpaired) electrons. The zero-order valence-corrected chi connectivity index (χ0v) is 29.5. The van der Waals surface area contributed by atoms with Gasteiger partial charge < -0.3 is 9.13 Å². The van der Waals surface area contributed by atoms with Crippen molar-refractivity contribution in [3.8, 4) is 33.9 Å². The molecule has 2 aromatic carbocycles. The highest BCUT2D eigenvalue weighted by atomic mass is 35.5. The van der Waals surface area contributed by atoms with Gasteiger partial charge in [0.25, 0.3) is 11.1 Å². The quantitative estimate of drug-likeness (QED) is 0.157. The van der Waals surface area contributed by atoms with E-state index < -0.39 is 57.1 Å². The molecule has 19 heteroatoms. The molecule has 0 saturated carbocycles. The highest BCUT2D eigenvalue weighted by Gasteiger charge is 2.26. The van der Waals surface area contributed by atoms with Gasteiger partial charge in [0, 0.05) is 43.4 Å². The van der Waals surface area contributed by atoms with Gasteiger partial charge in [-0.1, -0.05) is 58.0 Å². The molecule has 8 nitrogen and oxygen atoms in total. The van der Waals surface area contributed by atoms with Gasteiger partial charge in [-0.05, 0) is 26.0 Å². The van der Waals surface area contributed by atoms with Crippen molar-refractivity contribution >= 4 is 58.0 Å². The molecule has 0 saturated heterocycles. The van der Waals surface area contributed by atoms with Gasteiger partial charge in [0.1, 0.15) is 52.6 Å². The average molecular weight is 811 g/mol. The van der Waals surface area contributed by atoms with E-state index in [1.54, 1.807) is 13.8 Å². The van der Waals surface area contributed by atoms with Crippen LogP contribution >= 0.6 is 58.0 Å². The van der Waals surface area contributed by atoms with Gasteiger partial charge in [0.05, 0.1) is 33.9 Å². The van der Waals surface area contributed by atoms with Crippen molar-refractivity contribution in [3.63, 3.8) is 0 Å². The molecule has 266 valence electrons. The van der Waals surface area contributed by atoms with Crippen LogP contribution in [0.3, 0.4) is 0 Å². The molecule has 0 atom stereocenters. The zero-order valence-electron chi connectivity index (χ0n) is 25.8. The highest BCUT2D eigenvalue weighted by Crippen LogP contribution is 2.36. The van der Waals surface area contributed by atoms with Crippen molar-refractivity contribution in [2.24, 2.45) is 0 Å². The summed E-state index contributed by atoms with van der Waals surface area (Å²) in [6, 6.07) is 5.89. The van der Waals surface area contributed by atoms with Crippen molar-refractivity contribution in [1.29, 1.82) is 0 Å². The van der Waals surface area contributed by atoms with E-state index in [4.69, 9.17) is 58.0 Å². The molecule has 4 heterocycles. The van der Waals surface area contributed by atoms with E-state index >= 15 is 0 Å². The number of hydrogen-bond donors (Lipinski definition) is 0. The lowest BCUT2D eigenvalue weighted by atomic mass is 10.1. The van der Waals surface area contributed by atoms with Gasteiger partial charge in [-0.3, -0.25) is 18.7 Å². The first-order chi connectivity index (χ1) is 24.1. The maximum atomic E-state index is 14.4. The molecular formula is C32H19Cl5F6N6O2. The Hall–Kier alpha value is -4.21. The molecule has 0 unspecified atom stereocenters. The molecule has 0 aliphatic rings. The number of hydrogen-bond acceptors (Lipinski definition) is 4. The normalized spacial score (nSPS) is 11.2. The number of aromatic nitrogens is 6. The molecule has 0 amide bonds. The SMILES string of the molecule is CCn1c(-c2c(F)cc(F)cc2F)c(-n2cnc(Cl)c2Cl)cc(Cl)c1=O.CCn1c(-c2c(F)cc(F)cc2F)c(-n2cnc(Cl)c2Cl)ccc1=O.